The summed E-state index contributed by atoms with van der Waals surface area (Å²) >= 11 is 1.55. The van der Waals surface area contributed by atoms with Gasteiger partial charge in [0.25, 0.3) is 0 Å². The highest BCUT2D eigenvalue weighted by atomic mass is 32.1. The Hall–Kier alpha value is -1.56. The molecule has 0 aromatic carbocycles. The van der Waals surface area contributed by atoms with Gasteiger partial charge >= 0.3 is 0 Å². The van der Waals surface area contributed by atoms with Crippen LogP contribution in [-0.4, -0.2) is 26.1 Å². The minimum atomic E-state index is 0.980. The van der Waals surface area contributed by atoms with E-state index in [1.54, 1.807) is 23.1 Å². The van der Waals surface area contributed by atoms with Crippen molar-refractivity contribution in [1.29, 1.82) is 0 Å². The van der Waals surface area contributed by atoms with Crippen LogP contribution in [-0.2, 0) is 0 Å². The zero-order chi connectivity index (χ0) is 9.10. The number of thiazole rings is 1. The van der Waals surface area contributed by atoms with Crippen molar-refractivity contribution in [2.24, 2.45) is 5.10 Å². The molecule has 0 atom stereocenters. The summed E-state index contributed by atoms with van der Waals surface area (Å²) < 4.78 is 0. The second kappa shape index (κ2) is 3.44. The van der Waals surface area contributed by atoms with Crippen LogP contribution in [0.1, 0.15) is 10.6 Å². The summed E-state index contributed by atoms with van der Waals surface area (Å²) in [5.74, 6) is 0. The number of aryl methyl sites for hydroxylation is 1. The average molecular weight is 193 g/mol. The van der Waals surface area contributed by atoms with E-state index < -0.39 is 0 Å². The predicted octanol–water partition coefficient (Wildman–Crippen LogP) is 0.925. The first-order valence-corrected chi connectivity index (χ1v) is 4.53. The Kier molecular flexibility index (Phi) is 2.13. The number of nitrogens with zero attached hydrogens (tertiary/aromatic N) is 5. The van der Waals surface area contributed by atoms with Gasteiger partial charge in [-0.3, -0.25) is 0 Å². The summed E-state index contributed by atoms with van der Waals surface area (Å²) in [7, 11) is 0. The first kappa shape index (κ1) is 8.06. The summed E-state index contributed by atoms with van der Waals surface area (Å²) in [4.78, 5) is 10.3. The van der Waals surface area contributed by atoms with Crippen LogP contribution in [0.25, 0.3) is 0 Å². The van der Waals surface area contributed by atoms with Gasteiger partial charge in [-0.25, -0.2) is 9.97 Å². The zero-order valence-corrected chi connectivity index (χ0v) is 7.77. The van der Waals surface area contributed by atoms with Crippen LogP contribution < -0.4 is 0 Å². The molecule has 0 aliphatic heterocycles. The van der Waals surface area contributed by atoms with Gasteiger partial charge in [-0.05, 0) is 6.92 Å². The van der Waals surface area contributed by atoms with Crippen LogP contribution in [0.5, 0.6) is 0 Å². The van der Waals surface area contributed by atoms with Gasteiger partial charge in [0.2, 0.25) is 0 Å². The SMILES string of the molecule is Cc1ncsc1/C=N/n1cncn1. The molecular weight excluding hydrogens is 186 g/mol. The van der Waals surface area contributed by atoms with E-state index in [2.05, 4.69) is 20.2 Å². The second-order valence-electron chi connectivity index (χ2n) is 2.36. The van der Waals surface area contributed by atoms with Crippen molar-refractivity contribution >= 4 is 17.6 Å². The topological polar surface area (TPSA) is 56.0 Å². The third-order valence-electron chi connectivity index (χ3n) is 1.48. The molecular formula is C7H7N5S. The van der Waals surface area contributed by atoms with Crippen molar-refractivity contribution in [3.63, 3.8) is 0 Å². The van der Waals surface area contributed by atoms with E-state index >= 15 is 0 Å². The first-order chi connectivity index (χ1) is 6.36. The molecule has 0 bridgehead atoms. The van der Waals surface area contributed by atoms with E-state index in [1.165, 1.54) is 17.4 Å². The largest absolute Gasteiger partial charge is 0.249 e. The fraction of sp³-hybridized carbons (Fsp3) is 0.143. The van der Waals surface area contributed by atoms with Gasteiger partial charge < -0.3 is 0 Å². The van der Waals surface area contributed by atoms with E-state index in [1.807, 2.05) is 6.92 Å². The Balaban J connectivity index is 2.19. The van der Waals surface area contributed by atoms with Gasteiger partial charge in [-0.1, -0.05) is 0 Å². The van der Waals surface area contributed by atoms with Crippen molar-refractivity contribution in [2.45, 2.75) is 6.92 Å². The summed E-state index contributed by atoms with van der Waals surface area (Å²) in [5, 5.41) is 7.90. The maximum atomic E-state index is 4.10. The van der Waals surface area contributed by atoms with Crippen molar-refractivity contribution in [1.82, 2.24) is 19.9 Å². The van der Waals surface area contributed by atoms with Crippen molar-refractivity contribution < 1.29 is 0 Å². The van der Waals surface area contributed by atoms with E-state index in [-0.39, 0.29) is 0 Å². The Morgan fingerprint density at radius 2 is 2.54 bits per heavy atom. The van der Waals surface area contributed by atoms with Crippen LogP contribution >= 0.6 is 11.3 Å². The molecule has 0 saturated carbocycles. The van der Waals surface area contributed by atoms with Crippen LogP contribution in [0.2, 0.25) is 0 Å². The van der Waals surface area contributed by atoms with Gasteiger partial charge in [0.1, 0.15) is 12.7 Å². The first-order valence-electron chi connectivity index (χ1n) is 3.65. The molecule has 0 radical (unpaired) electrons. The monoisotopic (exact) mass is 193 g/mol. The molecule has 2 rings (SSSR count). The molecule has 0 unspecified atom stereocenters. The summed E-state index contributed by atoms with van der Waals surface area (Å²) in [6.07, 6.45) is 4.70. The van der Waals surface area contributed by atoms with Crippen LogP contribution in [0.4, 0.5) is 0 Å². The average Bonchev–Trinajstić information content (AvgIpc) is 2.72. The minimum Gasteiger partial charge on any atom is -0.249 e. The molecule has 0 aliphatic rings. The van der Waals surface area contributed by atoms with Gasteiger partial charge in [0, 0.05) is 0 Å². The van der Waals surface area contributed by atoms with Gasteiger partial charge in [-0.2, -0.15) is 5.10 Å². The molecule has 0 spiro atoms. The molecule has 0 amide bonds. The number of aromatic nitrogens is 4. The number of hydrogen-bond acceptors (Lipinski definition) is 5. The summed E-state index contributed by atoms with van der Waals surface area (Å²) in [5.41, 5.74) is 2.77. The van der Waals surface area contributed by atoms with E-state index in [4.69, 9.17) is 0 Å². The highest BCUT2D eigenvalue weighted by Crippen LogP contribution is 2.08. The molecule has 2 aromatic heterocycles. The van der Waals surface area contributed by atoms with Gasteiger partial charge in [0.05, 0.1) is 22.3 Å². The molecule has 0 aliphatic carbocycles. The maximum Gasteiger partial charge on any atom is 0.139 e. The lowest BCUT2D eigenvalue weighted by Crippen LogP contribution is -1.90. The Bertz CT molecular complexity index is 402. The molecule has 13 heavy (non-hydrogen) atoms. The van der Waals surface area contributed by atoms with Crippen LogP contribution in [0.3, 0.4) is 0 Å². The molecule has 5 nitrogen and oxygen atoms in total. The number of rotatable bonds is 2. The normalized spacial score (nSPS) is 11.2. The smallest absolute Gasteiger partial charge is 0.139 e. The molecule has 0 saturated heterocycles. The maximum absolute atomic E-state index is 4.10. The summed E-state index contributed by atoms with van der Waals surface area (Å²) in [6, 6.07) is 0. The molecule has 0 N–H and O–H groups in total. The molecule has 66 valence electrons. The molecule has 0 fully saturated rings. The quantitative estimate of drug-likeness (QED) is 0.666. The third-order valence-corrected chi connectivity index (χ3v) is 2.35. The molecule has 2 heterocycles. The highest BCUT2D eigenvalue weighted by molar-refractivity contribution is 7.11. The van der Waals surface area contributed by atoms with Crippen molar-refractivity contribution in [3.05, 3.63) is 28.7 Å². The molecule has 6 heteroatoms. The summed E-state index contributed by atoms with van der Waals surface area (Å²) in [6.45, 7) is 1.94. The second-order valence-corrected chi connectivity index (χ2v) is 3.25. The van der Waals surface area contributed by atoms with Crippen LogP contribution in [0.15, 0.2) is 23.3 Å². The predicted molar refractivity (Wildman–Crippen MR) is 49.9 cm³/mol. The lowest BCUT2D eigenvalue weighted by molar-refractivity contribution is 0.743. The standard InChI is InChI=1S/C7H7N5S/c1-6-7(13-5-9-6)2-10-12-4-8-3-11-12/h2-5H,1H3/b10-2+. The Labute approximate surface area is 78.8 Å². The van der Waals surface area contributed by atoms with E-state index in [0.29, 0.717) is 0 Å². The Morgan fingerprint density at radius 3 is 3.15 bits per heavy atom. The van der Waals surface area contributed by atoms with Crippen molar-refractivity contribution in [2.75, 3.05) is 0 Å². The van der Waals surface area contributed by atoms with E-state index in [9.17, 15) is 0 Å². The highest BCUT2D eigenvalue weighted by Gasteiger charge is 1.96. The van der Waals surface area contributed by atoms with Crippen molar-refractivity contribution in [3.8, 4) is 0 Å². The fourth-order valence-electron chi connectivity index (χ4n) is 0.808. The molecule has 2 aromatic rings. The third kappa shape index (κ3) is 1.78. The number of hydrogen-bond donors (Lipinski definition) is 0. The fourth-order valence-corrected chi connectivity index (χ4v) is 1.46. The van der Waals surface area contributed by atoms with E-state index in [0.717, 1.165) is 10.6 Å². The van der Waals surface area contributed by atoms with Crippen LogP contribution in [0, 0.1) is 6.92 Å². The lowest BCUT2D eigenvalue weighted by Gasteiger charge is -1.87. The lowest BCUT2D eigenvalue weighted by atomic mass is 10.4. The Morgan fingerprint density at radius 1 is 1.62 bits per heavy atom. The zero-order valence-electron chi connectivity index (χ0n) is 6.95. The van der Waals surface area contributed by atoms with Gasteiger partial charge in [-0.15, -0.1) is 21.2 Å². The minimum absolute atomic E-state index is 0.980. The van der Waals surface area contributed by atoms with Gasteiger partial charge in [0.15, 0.2) is 0 Å².